The van der Waals surface area contributed by atoms with Crippen LogP contribution < -0.4 is 5.32 Å². The van der Waals surface area contributed by atoms with Crippen LogP contribution in [0.1, 0.15) is 10.5 Å². The van der Waals surface area contributed by atoms with Gasteiger partial charge in [-0.1, -0.05) is 0 Å². The summed E-state index contributed by atoms with van der Waals surface area (Å²) < 4.78 is 0. The van der Waals surface area contributed by atoms with Crippen LogP contribution in [0.2, 0.25) is 0 Å². The molecule has 6 nitrogen and oxygen atoms in total. The summed E-state index contributed by atoms with van der Waals surface area (Å²) in [6.45, 7) is -0.514. The van der Waals surface area contributed by atoms with E-state index in [9.17, 15) is 9.90 Å². The SMILES string of the molecule is O=C(NCO)c1ncc2cccnc2c1O. The Bertz CT molecular complexity index is 542. The van der Waals surface area contributed by atoms with Gasteiger partial charge in [-0.2, -0.15) is 0 Å². The van der Waals surface area contributed by atoms with Crippen molar-refractivity contribution in [3.05, 3.63) is 30.2 Å². The van der Waals surface area contributed by atoms with Crippen molar-refractivity contribution < 1.29 is 15.0 Å². The van der Waals surface area contributed by atoms with Crippen molar-refractivity contribution in [2.24, 2.45) is 0 Å². The number of carbonyl (C=O) groups excluding carboxylic acids is 1. The number of aliphatic hydroxyl groups is 1. The predicted octanol–water partition coefficient (Wildman–Crippen LogP) is 0.0150. The van der Waals surface area contributed by atoms with Gasteiger partial charge in [0.2, 0.25) is 0 Å². The third-order valence-electron chi connectivity index (χ3n) is 2.07. The molecule has 16 heavy (non-hydrogen) atoms. The average molecular weight is 219 g/mol. The molecule has 2 heterocycles. The van der Waals surface area contributed by atoms with Gasteiger partial charge in [0, 0.05) is 17.8 Å². The van der Waals surface area contributed by atoms with Crippen molar-refractivity contribution in [2.45, 2.75) is 0 Å². The molecule has 0 aliphatic carbocycles. The highest BCUT2D eigenvalue weighted by Crippen LogP contribution is 2.24. The normalized spacial score (nSPS) is 10.3. The van der Waals surface area contributed by atoms with E-state index in [1.54, 1.807) is 12.1 Å². The van der Waals surface area contributed by atoms with Gasteiger partial charge < -0.3 is 15.5 Å². The van der Waals surface area contributed by atoms with E-state index in [0.717, 1.165) is 0 Å². The summed E-state index contributed by atoms with van der Waals surface area (Å²) in [6.07, 6.45) is 2.95. The molecule has 82 valence electrons. The molecular formula is C10H9N3O3. The quantitative estimate of drug-likeness (QED) is 0.618. The zero-order valence-electron chi connectivity index (χ0n) is 8.21. The van der Waals surface area contributed by atoms with Gasteiger partial charge >= 0.3 is 0 Å². The minimum Gasteiger partial charge on any atom is -0.504 e. The van der Waals surface area contributed by atoms with E-state index in [4.69, 9.17) is 5.11 Å². The third kappa shape index (κ3) is 1.66. The van der Waals surface area contributed by atoms with Crippen LogP contribution in [0.15, 0.2) is 24.5 Å². The molecule has 3 N–H and O–H groups in total. The van der Waals surface area contributed by atoms with Crippen LogP contribution in [0.5, 0.6) is 5.75 Å². The second-order valence-corrected chi connectivity index (χ2v) is 3.06. The summed E-state index contributed by atoms with van der Waals surface area (Å²) in [7, 11) is 0. The highest BCUT2D eigenvalue weighted by molar-refractivity contribution is 6.00. The third-order valence-corrected chi connectivity index (χ3v) is 2.07. The van der Waals surface area contributed by atoms with Crippen molar-refractivity contribution in [2.75, 3.05) is 6.73 Å². The monoisotopic (exact) mass is 219 g/mol. The Kier molecular flexibility index (Phi) is 2.65. The van der Waals surface area contributed by atoms with E-state index in [2.05, 4.69) is 15.3 Å². The molecule has 0 bridgehead atoms. The Hall–Kier alpha value is -2.21. The fraction of sp³-hybridized carbons (Fsp3) is 0.100. The number of nitrogens with one attached hydrogen (secondary N) is 1. The number of aromatic hydroxyl groups is 1. The molecule has 2 aromatic heterocycles. The lowest BCUT2D eigenvalue weighted by molar-refractivity contribution is 0.0902. The molecule has 0 fully saturated rings. The number of nitrogens with zero attached hydrogens (tertiary/aromatic N) is 2. The van der Waals surface area contributed by atoms with Crippen LogP contribution in [-0.4, -0.2) is 32.8 Å². The first-order chi connectivity index (χ1) is 7.74. The first kappa shape index (κ1) is 10.3. The topological polar surface area (TPSA) is 95.3 Å². The van der Waals surface area contributed by atoms with Gasteiger partial charge in [-0.25, -0.2) is 4.98 Å². The molecule has 0 aliphatic heterocycles. The number of aromatic nitrogens is 2. The van der Waals surface area contributed by atoms with Gasteiger partial charge in [-0.05, 0) is 12.1 Å². The summed E-state index contributed by atoms with van der Waals surface area (Å²) in [5.41, 5.74) is 0.154. The Morgan fingerprint density at radius 3 is 3.00 bits per heavy atom. The summed E-state index contributed by atoms with van der Waals surface area (Å²) in [6, 6.07) is 3.43. The largest absolute Gasteiger partial charge is 0.504 e. The number of carbonyl (C=O) groups is 1. The number of hydrogen-bond donors (Lipinski definition) is 3. The maximum absolute atomic E-state index is 11.4. The van der Waals surface area contributed by atoms with Crippen molar-refractivity contribution in [3.8, 4) is 5.75 Å². The summed E-state index contributed by atoms with van der Waals surface area (Å²) >= 11 is 0. The molecular weight excluding hydrogens is 210 g/mol. The molecule has 0 unspecified atom stereocenters. The van der Waals surface area contributed by atoms with E-state index in [1.165, 1.54) is 12.4 Å². The van der Waals surface area contributed by atoms with Gasteiger partial charge in [0.05, 0.1) is 0 Å². The number of hydrogen-bond acceptors (Lipinski definition) is 5. The first-order valence-electron chi connectivity index (χ1n) is 4.56. The molecule has 2 aromatic rings. The van der Waals surface area contributed by atoms with Crippen LogP contribution in [-0.2, 0) is 0 Å². The molecule has 0 aliphatic rings. The Morgan fingerprint density at radius 2 is 2.25 bits per heavy atom. The summed E-state index contributed by atoms with van der Waals surface area (Å²) in [5.74, 6) is -0.934. The first-order valence-corrected chi connectivity index (χ1v) is 4.56. The van der Waals surface area contributed by atoms with Crippen LogP contribution in [0.4, 0.5) is 0 Å². The lowest BCUT2D eigenvalue weighted by atomic mass is 10.2. The molecule has 2 rings (SSSR count). The minimum absolute atomic E-state index is 0.153. The molecule has 0 aromatic carbocycles. The average Bonchev–Trinajstić information content (AvgIpc) is 2.30. The van der Waals surface area contributed by atoms with Gasteiger partial charge in [-0.15, -0.1) is 0 Å². The van der Waals surface area contributed by atoms with Crippen LogP contribution >= 0.6 is 0 Å². The number of fused-ring (bicyclic) bond motifs is 1. The van der Waals surface area contributed by atoms with Crippen molar-refractivity contribution in [1.82, 2.24) is 15.3 Å². The zero-order chi connectivity index (χ0) is 11.5. The van der Waals surface area contributed by atoms with E-state index >= 15 is 0 Å². The summed E-state index contributed by atoms with van der Waals surface area (Å²) in [4.78, 5) is 19.2. The van der Waals surface area contributed by atoms with Gasteiger partial charge in [-0.3, -0.25) is 9.78 Å². The molecule has 0 spiro atoms. The zero-order valence-corrected chi connectivity index (χ0v) is 8.21. The molecule has 0 atom stereocenters. The van der Waals surface area contributed by atoms with Crippen molar-refractivity contribution in [1.29, 1.82) is 0 Å². The molecule has 1 amide bonds. The van der Waals surface area contributed by atoms with Gasteiger partial charge in [0.1, 0.15) is 12.2 Å². The number of amides is 1. The number of aliphatic hydroxyl groups excluding tert-OH is 1. The van der Waals surface area contributed by atoms with E-state index in [-0.39, 0.29) is 11.4 Å². The Balaban J connectivity index is 2.56. The van der Waals surface area contributed by atoms with Crippen molar-refractivity contribution in [3.63, 3.8) is 0 Å². The van der Waals surface area contributed by atoms with E-state index in [0.29, 0.717) is 10.9 Å². The highest BCUT2D eigenvalue weighted by atomic mass is 16.3. The lowest BCUT2D eigenvalue weighted by Gasteiger charge is -2.05. The molecule has 6 heteroatoms. The molecule has 0 saturated heterocycles. The highest BCUT2D eigenvalue weighted by Gasteiger charge is 2.15. The van der Waals surface area contributed by atoms with Gasteiger partial charge in [0.15, 0.2) is 11.4 Å². The van der Waals surface area contributed by atoms with E-state index in [1.807, 2.05) is 0 Å². The predicted molar refractivity (Wildman–Crippen MR) is 55.8 cm³/mol. The summed E-state index contributed by atoms with van der Waals surface area (Å²) in [5, 5.41) is 21.1. The minimum atomic E-state index is -0.646. The maximum atomic E-state index is 11.4. The van der Waals surface area contributed by atoms with Crippen LogP contribution in [0.25, 0.3) is 10.9 Å². The van der Waals surface area contributed by atoms with Crippen LogP contribution in [0.3, 0.4) is 0 Å². The maximum Gasteiger partial charge on any atom is 0.275 e. The number of rotatable bonds is 2. The van der Waals surface area contributed by atoms with Crippen molar-refractivity contribution >= 4 is 16.8 Å². The Labute approximate surface area is 90.6 Å². The fourth-order valence-corrected chi connectivity index (χ4v) is 1.35. The second-order valence-electron chi connectivity index (χ2n) is 3.06. The lowest BCUT2D eigenvalue weighted by Crippen LogP contribution is -2.25. The fourth-order valence-electron chi connectivity index (χ4n) is 1.35. The van der Waals surface area contributed by atoms with E-state index < -0.39 is 12.6 Å². The van der Waals surface area contributed by atoms with Gasteiger partial charge in [0.25, 0.3) is 5.91 Å². The molecule has 0 saturated carbocycles. The smallest absolute Gasteiger partial charge is 0.275 e. The van der Waals surface area contributed by atoms with Crippen LogP contribution in [0, 0.1) is 0 Å². The molecule has 0 radical (unpaired) electrons. The standard InChI is InChI=1S/C10H9N3O3/c14-5-13-10(16)8-9(15)7-6(4-12-8)2-1-3-11-7/h1-4,14-15H,5H2,(H,13,16). The number of pyridine rings is 2. The second kappa shape index (κ2) is 4.11. The Morgan fingerprint density at radius 1 is 1.44 bits per heavy atom.